The van der Waals surface area contributed by atoms with Crippen LogP contribution in [0.5, 0.6) is 0 Å². The summed E-state index contributed by atoms with van der Waals surface area (Å²) in [6, 6.07) is 13.2. The molecule has 19 heavy (non-hydrogen) atoms. The van der Waals surface area contributed by atoms with Gasteiger partial charge >= 0.3 is 0 Å². The first-order chi connectivity index (χ1) is 9.13. The predicted molar refractivity (Wildman–Crippen MR) is 70.8 cm³/mol. The molecule has 0 spiro atoms. The molecule has 1 nitrogen and oxygen atoms in total. The van der Waals surface area contributed by atoms with Gasteiger partial charge in [0.15, 0.2) is 0 Å². The second-order valence-corrected chi connectivity index (χ2v) is 4.66. The summed E-state index contributed by atoms with van der Waals surface area (Å²) in [6.45, 7) is 0. The van der Waals surface area contributed by atoms with Crippen molar-refractivity contribution < 1.29 is 13.9 Å². The molecule has 2 aromatic carbocycles. The standard InChI is InChI=1S/C16H16F2O/c17-14-8-13(9-15(18)11-14)10-16(19)7-6-12-4-2-1-3-5-12/h1-5,8-9,11,16,19H,6-7,10H2. The van der Waals surface area contributed by atoms with E-state index in [1.54, 1.807) is 0 Å². The van der Waals surface area contributed by atoms with Crippen LogP contribution >= 0.6 is 0 Å². The van der Waals surface area contributed by atoms with E-state index >= 15 is 0 Å². The van der Waals surface area contributed by atoms with E-state index in [1.807, 2.05) is 30.3 Å². The highest BCUT2D eigenvalue weighted by molar-refractivity contribution is 5.19. The molecule has 0 amide bonds. The van der Waals surface area contributed by atoms with Crippen molar-refractivity contribution in [2.24, 2.45) is 0 Å². The first-order valence-corrected chi connectivity index (χ1v) is 6.30. The lowest BCUT2D eigenvalue weighted by atomic mass is 10.0. The van der Waals surface area contributed by atoms with E-state index in [0.29, 0.717) is 12.0 Å². The lowest BCUT2D eigenvalue weighted by molar-refractivity contribution is 0.165. The second kappa shape index (κ2) is 6.43. The van der Waals surface area contributed by atoms with Crippen molar-refractivity contribution in [1.29, 1.82) is 0 Å². The molecule has 100 valence electrons. The van der Waals surface area contributed by atoms with Crippen LogP contribution in [0.3, 0.4) is 0 Å². The first kappa shape index (κ1) is 13.7. The third-order valence-electron chi connectivity index (χ3n) is 3.00. The zero-order valence-corrected chi connectivity index (χ0v) is 10.5. The van der Waals surface area contributed by atoms with E-state index in [0.717, 1.165) is 18.1 Å². The van der Waals surface area contributed by atoms with Gasteiger partial charge in [-0.15, -0.1) is 0 Å². The number of aryl methyl sites for hydroxylation is 1. The molecule has 1 unspecified atom stereocenters. The number of hydrogen-bond donors (Lipinski definition) is 1. The van der Waals surface area contributed by atoms with E-state index in [-0.39, 0.29) is 6.42 Å². The van der Waals surface area contributed by atoms with Gasteiger partial charge in [-0.2, -0.15) is 0 Å². The van der Waals surface area contributed by atoms with E-state index in [1.165, 1.54) is 12.1 Å². The van der Waals surface area contributed by atoms with E-state index in [2.05, 4.69) is 0 Å². The van der Waals surface area contributed by atoms with Crippen LogP contribution in [-0.2, 0) is 12.8 Å². The van der Waals surface area contributed by atoms with Crippen molar-refractivity contribution in [2.45, 2.75) is 25.4 Å². The molecule has 0 heterocycles. The van der Waals surface area contributed by atoms with Crippen molar-refractivity contribution in [3.63, 3.8) is 0 Å². The Kier molecular flexibility index (Phi) is 4.63. The number of hydrogen-bond acceptors (Lipinski definition) is 1. The van der Waals surface area contributed by atoms with Crippen LogP contribution in [0.1, 0.15) is 17.5 Å². The maximum atomic E-state index is 13.0. The molecule has 0 aliphatic rings. The normalized spacial score (nSPS) is 12.4. The average molecular weight is 262 g/mol. The van der Waals surface area contributed by atoms with Crippen LogP contribution in [0.25, 0.3) is 0 Å². The number of rotatable bonds is 5. The Hall–Kier alpha value is -1.74. The SMILES string of the molecule is OC(CCc1ccccc1)Cc1cc(F)cc(F)c1. The molecule has 0 aromatic heterocycles. The molecule has 0 aliphatic carbocycles. The highest BCUT2D eigenvalue weighted by atomic mass is 19.1. The first-order valence-electron chi connectivity index (χ1n) is 6.30. The predicted octanol–water partition coefficient (Wildman–Crippen LogP) is 3.50. The number of aliphatic hydroxyl groups is 1. The maximum absolute atomic E-state index is 13.0. The summed E-state index contributed by atoms with van der Waals surface area (Å²) >= 11 is 0. The second-order valence-electron chi connectivity index (χ2n) is 4.66. The summed E-state index contributed by atoms with van der Waals surface area (Å²) in [4.78, 5) is 0. The zero-order valence-electron chi connectivity index (χ0n) is 10.5. The quantitative estimate of drug-likeness (QED) is 0.874. The Morgan fingerprint density at radius 3 is 2.16 bits per heavy atom. The van der Waals surface area contributed by atoms with Gasteiger partial charge in [0.25, 0.3) is 0 Å². The lowest BCUT2D eigenvalue weighted by Crippen LogP contribution is -2.12. The summed E-state index contributed by atoms with van der Waals surface area (Å²) < 4.78 is 26.0. The summed E-state index contributed by atoms with van der Waals surface area (Å²) in [5.41, 5.74) is 1.63. The number of benzene rings is 2. The smallest absolute Gasteiger partial charge is 0.126 e. The zero-order chi connectivity index (χ0) is 13.7. The summed E-state index contributed by atoms with van der Waals surface area (Å²) in [5, 5.41) is 9.90. The Morgan fingerprint density at radius 2 is 1.53 bits per heavy atom. The third-order valence-corrected chi connectivity index (χ3v) is 3.00. The molecule has 0 saturated heterocycles. The van der Waals surface area contributed by atoms with Crippen LogP contribution in [0.4, 0.5) is 8.78 Å². The van der Waals surface area contributed by atoms with Crippen LogP contribution in [0.2, 0.25) is 0 Å². The number of halogens is 2. The van der Waals surface area contributed by atoms with Gasteiger partial charge in [-0.1, -0.05) is 30.3 Å². The topological polar surface area (TPSA) is 20.2 Å². The Bertz CT molecular complexity index is 505. The summed E-state index contributed by atoms with van der Waals surface area (Å²) in [7, 11) is 0. The third kappa shape index (κ3) is 4.45. The Morgan fingerprint density at radius 1 is 0.895 bits per heavy atom. The summed E-state index contributed by atoms with van der Waals surface area (Å²) in [5.74, 6) is -1.21. The monoisotopic (exact) mass is 262 g/mol. The number of aliphatic hydroxyl groups excluding tert-OH is 1. The highest BCUT2D eigenvalue weighted by Crippen LogP contribution is 2.13. The molecule has 0 saturated carbocycles. The molecule has 1 N–H and O–H groups in total. The minimum absolute atomic E-state index is 0.265. The minimum Gasteiger partial charge on any atom is -0.393 e. The molecule has 1 atom stereocenters. The molecule has 2 aromatic rings. The van der Waals surface area contributed by atoms with Crippen LogP contribution in [-0.4, -0.2) is 11.2 Å². The highest BCUT2D eigenvalue weighted by Gasteiger charge is 2.08. The molecular formula is C16H16F2O. The largest absolute Gasteiger partial charge is 0.393 e. The molecule has 0 bridgehead atoms. The molecule has 0 aliphatic heterocycles. The van der Waals surface area contributed by atoms with E-state index < -0.39 is 17.7 Å². The molecule has 0 radical (unpaired) electrons. The maximum Gasteiger partial charge on any atom is 0.126 e. The van der Waals surface area contributed by atoms with Gasteiger partial charge in [-0.05, 0) is 42.5 Å². The van der Waals surface area contributed by atoms with Crippen molar-refractivity contribution in [1.82, 2.24) is 0 Å². The minimum atomic E-state index is -0.606. The van der Waals surface area contributed by atoms with Gasteiger partial charge < -0.3 is 5.11 Å². The van der Waals surface area contributed by atoms with Crippen LogP contribution < -0.4 is 0 Å². The molecule has 2 rings (SSSR count). The molecule has 0 fully saturated rings. The fourth-order valence-corrected chi connectivity index (χ4v) is 2.08. The van der Waals surface area contributed by atoms with E-state index in [4.69, 9.17) is 0 Å². The van der Waals surface area contributed by atoms with Crippen LogP contribution in [0, 0.1) is 11.6 Å². The van der Waals surface area contributed by atoms with Crippen molar-refractivity contribution in [3.05, 3.63) is 71.3 Å². The Labute approximate surface area is 111 Å². The fourth-order valence-electron chi connectivity index (χ4n) is 2.08. The van der Waals surface area contributed by atoms with Gasteiger partial charge in [0.1, 0.15) is 11.6 Å². The van der Waals surface area contributed by atoms with Crippen molar-refractivity contribution in [3.8, 4) is 0 Å². The average Bonchev–Trinajstić information content (AvgIpc) is 2.36. The van der Waals surface area contributed by atoms with Crippen LogP contribution in [0.15, 0.2) is 48.5 Å². The van der Waals surface area contributed by atoms with Gasteiger partial charge in [-0.25, -0.2) is 8.78 Å². The Balaban J connectivity index is 1.89. The van der Waals surface area contributed by atoms with Crippen molar-refractivity contribution >= 4 is 0 Å². The fraction of sp³-hybridized carbons (Fsp3) is 0.250. The van der Waals surface area contributed by atoms with Crippen molar-refractivity contribution in [2.75, 3.05) is 0 Å². The van der Waals surface area contributed by atoms with Gasteiger partial charge in [0.2, 0.25) is 0 Å². The van der Waals surface area contributed by atoms with E-state index in [9.17, 15) is 13.9 Å². The molecule has 3 heteroatoms. The van der Waals surface area contributed by atoms with Gasteiger partial charge in [-0.3, -0.25) is 0 Å². The van der Waals surface area contributed by atoms with Gasteiger partial charge in [0, 0.05) is 6.07 Å². The lowest BCUT2D eigenvalue weighted by Gasteiger charge is -2.11. The summed E-state index contributed by atoms with van der Waals surface area (Å²) in [6.07, 6.45) is 0.991. The van der Waals surface area contributed by atoms with Gasteiger partial charge in [0.05, 0.1) is 6.10 Å². The molecular weight excluding hydrogens is 246 g/mol.